The molecule has 2 rings (SSSR count). The molecule has 0 aromatic heterocycles. The first-order valence-electron chi connectivity index (χ1n) is 5.57. The zero-order valence-corrected chi connectivity index (χ0v) is 10.2. The summed E-state index contributed by atoms with van der Waals surface area (Å²) in [6.45, 7) is 0. The van der Waals surface area contributed by atoms with Gasteiger partial charge in [-0.05, 0) is 12.8 Å². The van der Waals surface area contributed by atoms with Crippen molar-refractivity contribution < 1.29 is 21.6 Å². The van der Waals surface area contributed by atoms with Crippen molar-refractivity contribution in [3.63, 3.8) is 0 Å². The molecular weight excluding hydrogens is 267 g/mol. The highest BCUT2D eigenvalue weighted by molar-refractivity contribution is 7.89. The van der Waals surface area contributed by atoms with Crippen LogP contribution in [-0.4, -0.2) is 14.5 Å². The average molecular weight is 279 g/mol. The lowest BCUT2D eigenvalue weighted by Gasteiger charge is -2.13. The van der Waals surface area contributed by atoms with E-state index in [-0.39, 0.29) is 6.04 Å². The largest absolute Gasteiger partial charge is 0.246 e. The molecule has 0 bridgehead atoms. The fourth-order valence-electron chi connectivity index (χ4n) is 2.11. The van der Waals surface area contributed by atoms with Crippen molar-refractivity contribution in [1.29, 1.82) is 0 Å². The van der Waals surface area contributed by atoms with E-state index in [9.17, 15) is 21.6 Å². The quantitative estimate of drug-likeness (QED) is 0.923. The first kappa shape index (κ1) is 13.4. The average Bonchev–Trinajstić information content (AvgIpc) is 2.66. The summed E-state index contributed by atoms with van der Waals surface area (Å²) in [6.07, 6.45) is 3.04. The fraction of sp³-hybridized carbons (Fsp3) is 0.455. The van der Waals surface area contributed by atoms with Crippen molar-refractivity contribution in [3.05, 3.63) is 29.6 Å². The molecule has 0 unspecified atom stereocenters. The molecule has 3 nitrogen and oxygen atoms in total. The Bertz CT molecular complexity index is 530. The van der Waals surface area contributed by atoms with Crippen LogP contribution in [0.2, 0.25) is 0 Å². The van der Waals surface area contributed by atoms with Gasteiger partial charge in [0.05, 0.1) is 0 Å². The highest BCUT2D eigenvalue weighted by Crippen LogP contribution is 2.23. The molecule has 1 aliphatic carbocycles. The normalized spacial score (nSPS) is 17.3. The minimum absolute atomic E-state index is 0.307. The molecule has 1 aromatic carbocycles. The molecule has 1 fully saturated rings. The van der Waals surface area contributed by atoms with E-state index >= 15 is 0 Å². The van der Waals surface area contributed by atoms with Gasteiger partial charge in [-0.25, -0.2) is 26.3 Å². The van der Waals surface area contributed by atoms with Crippen LogP contribution in [0.4, 0.5) is 13.2 Å². The predicted molar refractivity (Wildman–Crippen MR) is 58.9 cm³/mol. The van der Waals surface area contributed by atoms with Crippen LogP contribution in [-0.2, 0) is 10.0 Å². The van der Waals surface area contributed by atoms with Gasteiger partial charge in [-0.1, -0.05) is 12.8 Å². The highest BCUT2D eigenvalue weighted by Gasteiger charge is 2.28. The van der Waals surface area contributed by atoms with Crippen molar-refractivity contribution in [2.75, 3.05) is 0 Å². The Kier molecular flexibility index (Phi) is 3.63. The first-order valence-corrected chi connectivity index (χ1v) is 7.05. The van der Waals surface area contributed by atoms with Gasteiger partial charge in [0.15, 0.2) is 4.90 Å². The van der Waals surface area contributed by atoms with Crippen molar-refractivity contribution in [2.45, 2.75) is 36.6 Å². The van der Waals surface area contributed by atoms with E-state index in [1.54, 1.807) is 0 Å². The molecule has 7 heteroatoms. The summed E-state index contributed by atoms with van der Waals surface area (Å²) in [5.41, 5.74) is 0. The van der Waals surface area contributed by atoms with E-state index in [0.29, 0.717) is 25.0 Å². The zero-order valence-electron chi connectivity index (χ0n) is 9.42. The molecule has 0 radical (unpaired) electrons. The zero-order chi connectivity index (χ0) is 13.3. The van der Waals surface area contributed by atoms with Crippen LogP contribution in [0.1, 0.15) is 25.7 Å². The Labute approximate surface area is 103 Å². The molecule has 0 atom stereocenters. The van der Waals surface area contributed by atoms with E-state index in [1.165, 1.54) is 0 Å². The summed E-state index contributed by atoms with van der Waals surface area (Å²) in [6, 6.07) is 0.400. The lowest BCUT2D eigenvalue weighted by atomic mass is 10.3. The molecule has 100 valence electrons. The maximum Gasteiger partial charge on any atom is 0.246 e. The molecule has 1 saturated carbocycles. The van der Waals surface area contributed by atoms with Gasteiger partial charge in [0.25, 0.3) is 0 Å². The third kappa shape index (κ3) is 2.67. The SMILES string of the molecule is O=S(=O)(NC1CCCC1)c1c(F)cc(F)cc1F. The topological polar surface area (TPSA) is 46.2 Å². The molecular formula is C11H12F3NO2S. The molecule has 1 N–H and O–H groups in total. The van der Waals surface area contributed by atoms with E-state index in [2.05, 4.69) is 4.72 Å². The summed E-state index contributed by atoms with van der Waals surface area (Å²) in [7, 11) is -4.29. The van der Waals surface area contributed by atoms with Gasteiger partial charge in [-0.15, -0.1) is 0 Å². The van der Waals surface area contributed by atoms with Crippen molar-refractivity contribution >= 4 is 10.0 Å². The van der Waals surface area contributed by atoms with Gasteiger partial charge in [0, 0.05) is 18.2 Å². The van der Waals surface area contributed by atoms with Gasteiger partial charge < -0.3 is 0 Å². The van der Waals surface area contributed by atoms with Crippen molar-refractivity contribution in [3.8, 4) is 0 Å². The first-order chi connectivity index (χ1) is 8.40. The molecule has 0 saturated heterocycles. The maximum absolute atomic E-state index is 13.4. The van der Waals surface area contributed by atoms with Crippen molar-refractivity contribution in [2.24, 2.45) is 0 Å². The van der Waals surface area contributed by atoms with E-state index < -0.39 is 32.4 Å². The van der Waals surface area contributed by atoms with Gasteiger partial charge in [0.2, 0.25) is 10.0 Å². The van der Waals surface area contributed by atoms with E-state index in [1.807, 2.05) is 0 Å². The molecule has 0 spiro atoms. The monoisotopic (exact) mass is 279 g/mol. The summed E-state index contributed by atoms with van der Waals surface area (Å²) >= 11 is 0. The number of rotatable bonds is 3. The Morgan fingerprint density at radius 2 is 1.56 bits per heavy atom. The van der Waals surface area contributed by atoms with Gasteiger partial charge in [-0.2, -0.15) is 0 Å². The van der Waals surface area contributed by atoms with Gasteiger partial charge in [0.1, 0.15) is 17.5 Å². The van der Waals surface area contributed by atoms with Crippen molar-refractivity contribution in [1.82, 2.24) is 4.72 Å². The fourth-order valence-corrected chi connectivity index (χ4v) is 3.53. The number of halogens is 3. The second-order valence-electron chi connectivity index (χ2n) is 4.30. The van der Waals surface area contributed by atoms with Gasteiger partial charge in [-0.3, -0.25) is 0 Å². The minimum atomic E-state index is -4.29. The maximum atomic E-state index is 13.4. The number of hydrogen-bond acceptors (Lipinski definition) is 2. The van der Waals surface area contributed by atoms with Crippen LogP contribution < -0.4 is 4.72 Å². The molecule has 0 heterocycles. The lowest BCUT2D eigenvalue weighted by molar-refractivity contribution is 0.488. The third-order valence-corrected chi connectivity index (χ3v) is 4.48. The molecule has 1 aromatic rings. The lowest BCUT2D eigenvalue weighted by Crippen LogP contribution is -2.33. The van der Waals surface area contributed by atoms with Crippen LogP contribution in [0.15, 0.2) is 17.0 Å². The van der Waals surface area contributed by atoms with Crippen LogP contribution in [0.3, 0.4) is 0 Å². The van der Waals surface area contributed by atoms with E-state index in [4.69, 9.17) is 0 Å². The predicted octanol–water partition coefficient (Wildman–Crippen LogP) is 2.32. The van der Waals surface area contributed by atoms with Crippen LogP contribution in [0, 0.1) is 17.5 Å². The smallest absolute Gasteiger partial charge is 0.208 e. The standard InChI is InChI=1S/C11H12F3NO2S/c12-7-5-9(13)11(10(14)6-7)18(16,17)15-8-3-1-2-4-8/h5-6,8,15H,1-4H2. The minimum Gasteiger partial charge on any atom is -0.208 e. The number of sulfonamides is 1. The highest BCUT2D eigenvalue weighted by atomic mass is 32.2. The number of hydrogen-bond donors (Lipinski definition) is 1. The summed E-state index contributed by atoms with van der Waals surface area (Å²) in [4.78, 5) is -1.12. The summed E-state index contributed by atoms with van der Waals surface area (Å²) in [5, 5.41) is 0. The summed E-state index contributed by atoms with van der Waals surface area (Å²) < 4.78 is 65.4. The van der Waals surface area contributed by atoms with Crippen LogP contribution >= 0.6 is 0 Å². The second kappa shape index (κ2) is 4.89. The Balaban J connectivity index is 2.34. The number of benzene rings is 1. The van der Waals surface area contributed by atoms with Gasteiger partial charge >= 0.3 is 0 Å². The molecule has 0 amide bonds. The van der Waals surface area contributed by atoms with Crippen LogP contribution in [0.25, 0.3) is 0 Å². The molecule has 18 heavy (non-hydrogen) atoms. The summed E-state index contributed by atoms with van der Waals surface area (Å²) in [5.74, 6) is -3.99. The molecule has 1 aliphatic rings. The Morgan fingerprint density at radius 1 is 1.06 bits per heavy atom. The molecule has 0 aliphatic heterocycles. The Hall–Kier alpha value is -1.08. The van der Waals surface area contributed by atoms with Crippen LogP contribution in [0.5, 0.6) is 0 Å². The number of nitrogens with one attached hydrogen (secondary N) is 1. The second-order valence-corrected chi connectivity index (χ2v) is 5.95. The Morgan fingerprint density at radius 3 is 2.06 bits per heavy atom. The van der Waals surface area contributed by atoms with E-state index in [0.717, 1.165) is 12.8 Å². The third-order valence-electron chi connectivity index (χ3n) is 2.91.